The Hall–Kier alpha value is -5.03. The first-order chi connectivity index (χ1) is 32.6. The number of benzene rings is 1. The van der Waals surface area contributed by atoms with E-state index in [4.69, 9.17) is 24.7 Å². The zero-order valence-corrected chi connectivity index (χ0v) is 45.3. The minimum atomic E-state index is -1.53. The number of ether oxygens (including phenoxy) is 4. The van der Waals surface area contributed by atoms with Crippen LogP contribution in [0.5, 0.6) is 0 Å². The first-order valence-electron chi connectivity index (χ1n) is 23.9. The normalized spacial score (nSPS) is 15.5. The molecule has 7 amide bonds. The van der Waals surface area contributed by atoms with E-state index in [9.17, 15) is 43.5 Å². The highest BCUT2D eigenvalue weighted by molar-refractivity contribution is 7.99. The third-order valence-electron chi connectivity index (χ3n) is 9.69. The maximum absolute atomic E-state index is 14.7. The number of nitrogens with one attached hydrogen (secondary N) is 7. The molecule has 404 valence electrons. The van der Waals surface area contributed by atoms with Crippen molar-refractivity contribution < 1.29 is 62.4 Å². The van der Waals surface area contributed by atoms with Crippen LogP contribution in [0.4, 0.5) is 4.79 Å². The van der Waals surface area contributed by atoms with Crippen molar-refractivity contribution >= 4 is 59.3 Å². The third-order valence-corrected chi connectivity index (χ3v) is 10.6. The van der Waals surface area contributed by atoms with Crippen LogP contribution in [-0.4, -0.2) is 148 Å². The van der Waals surface area contributed by atoms with Gasteiger partial charge in [0.25, 0.3) is 0 Å². The quantitative estimate of drug-likeness (QED) is 0.0431. The number of unbranched alkanes of at least 4 members (excludes halogenated alkanes) is 1. The van der Waals surface area contributed by atoms with E-state index in [1.54, 1.807) is 127 Å². The maximum atomic E-state index is 14.7. The van der Waals surface area contributed by atoms with Gasteiger partial charge in [-0.15, -0.1) is 11.8 Å². The summed E-state index contributed by atoms with van der Waals surface area (Å²) >= 11 is 1.06. The van der Waals surface area contributed by atoms with E-state index in [-0.39, 0.29) is 30.4 Å². The minimum absolute atomic E-state index is 0.0868. The Balaban J connectivity index is 3.78. The summed E-state index contributed by atoms with van der Waals surface area (Å²) in [6.45, 7) is 25.1. The van der Waals surface area contributed by atoms with Gasteiger partial charge in [-0.3, -0.25) is 28.8 Å². The van der Waals surface area contributed by atoms with E-state index in [1.807, 2.05) is 0 Å². The standard InChI is InChI=1S/C49H84N8O13S/c1-29(68-47(7,8)9)37(56-39(59)33(23-19-20-24-50)55-45(66)70-49(13,14)15)42(62)52-34(25-32-21-17-16-18-22-32)40(60)57-38(30(2)69-48(10,11)12)43(63)53-35(26-67-46(4,5)6)41(61)54-36(44(64)65)27-71-28-51-31(3)58/h16-18,21-22,29-30,33-38H,19-20,23-28,50H2,1-15H3,(H,51,58)(H,52,62)(H,53,63)(H,54,61)(H,55,66)(H,56,59)(H,57,60)(H,64,65)/t29?,30?,33-,34-,35-,36-,37-,38-/m0/s1. The predicted octanol–water partition coefficient (Wildman–Crippen LogP) is 2.81. The van der Waals surface area contributed by atoms with Crippen LogP contribution in [0.2, 0.25) is 0 Å². The summed E-state index contributed by atoms with van der Waals surface area (Å²) in [5.41, 5.74) is 3.00. The van der Waals surface area contributed by atoms with Crippen molar-refractivity contribution in [2.24, 2.45) is 5.73 Å². The molecule has 1 rings (SSSR count). The summed E-state index contributed by atoms with van der Waals surface area (Å²) in [6.07, 6.45) is -1.85. The van der Waals surface area contributed by atoms with Crippen LogP contribution in [-0.2, 0) is 58.9 Å². The Morgan fingerprint density at radius 3 is 1.54 bits per heavy atom. The second-order valence-corrected chi connectivity index (χ2v) is 22.2. The first kappa shape index (κ1) is 64.0. The van der Waals surface area contributed by atoms with Gasteiger partial charge in [-0.1, -0.05) is 30.3 Å². The lowest BCUT2D eigenvalue weighted by molar-refractivity contribution is -0.144. The van der Waals surface area contributed by atoms with Crippen molar-refractivity contribution in [3.8, 4) is 0 Å². The van der Waals surface area contributed by atoms with Gasteiger partial charge in [0.05, 0.1) is 41.5 Å². The SMILES string of the molecule is CC(=O)NCSC[C@H](NC(=O)[C@H](COC(C)(C)C)NC(=O)[C@@H](NC(=O)[C@H](Cc1ccccc1)NC(=O)[C@@H](NC(=O)[C@H](CCCCN)NC(=O)OC(C)(C)C)C(C)OC(C)(C)C)C(C)OC(C)(C)C)C(=O)O. The molecule has 0 heterocycles. The molecule has 0 aromatic heterocycles. The fourth-order valence-electron chi connectivity index (χ4n) is 6.64. The van der Waals surface area contributed by atoms with Gasteiger partial charge in [0, 0.05) is 19.1 Å². The van der Waals surface area contributed by atoms with Gasteiger partial charge in [-0.05, 0) is 128 Å². The van der Waals surface area contributed by atoms with Crippen molar-refractivity contribution in [2.45, 2.75) is 200 Å². The molecule has 0 saturated carbocycles. The Bertz CT molecular complexity index is 1900. The van der Waals surface area contributed by atoms with E-state index in [0.717, 1.165) is 11.8 Å². The lowest BCUT2D eigenvalue weighted by Gasteiger charge is -2.34. The number of aliphatic carboxylic acids is 1. The number of hydrogen-bond donors (Lipinski definition) is 9. The molecule has 21 nitrogen and oxygen atoms in total. The minimum Gasteiger partial charge on any atom is -0.480 e. The Morgan fingerprint density at radius 2 is 1.08 bits per heavy atom. The summed E-state index contributed by atoms with van der Waals surface area (Å²) in [7, 11) is 0. The highest BCUT2D eigenvalue weighted by Crippen LogP contribution is 2.18. The van der Waals surface area contributed by atoms with Crippen LogP contribution in [0.3, 0.4) is 0 Å². The Labute approximate surface area is 424 Å². The molecule has 0 aliphatic heterocycles. The Kier molecular flexibility index (Phi) is 26.6. The smallest absolute Gasteiger partial charge is 0.408 e. The van der Waals surface area contributed by atoms with Crippen molar-refractivity contribution in [3.05, 3.63) is 35.9 Å². The number of carboxylic acids is 1. The largest absolute Gasteiger partial charge is 0.480 e. The number of carbonyl (C=O) groups excluding carboxylic acids is 7. The average Bonchev–Trinajstić information content (AvgIpc) is 3.21. The van der Waals surface area contributed by atoms with Crippen LogP contribution in [0.1, 0.15) is 129 Å². The van der Waals surface area contributed by atoms with Crippen molar-refractivity contribution in [2.75, 3.05) is 24.8 Å². The number of amides is 7. The number of nitrogens with two attached hydrogens (primary N) is 1. The van der Waals surface area contributed by atoms with Gasteiger partial charge in [0.15, 0.2) is 0 Å². The second kappa shape index (κ2) is 29.5. The molecule has 22 heteroatoms. The fraction of sp³-hybridized carbons (Fsp3) is 0.714. The lowest BCUT2D eigenvalue weighted by atomic mass is 10.0. The number of carboxylic acid groups (broad SMARTS) is 1. The third kappa shape index (κ3) is 28.0. The van der Waals surface area contributed by atoms with Crippen LogP contribution >= 0.6 is 11.8 Å². The lowest BCUT2D eigenvalue weighted by Crippen LogP contribution is -2.64. The number of thioether (sulfide) groups is 1. The van der Waals surface area contributed by atoms with E-state index >= 15 is 0 Å². The van der Waals surface area contributed by atoms with Crippen LogP contribution in [0, 0.1) is 0 Å². The van der Waals surface area contributed by atoms with E-state index in [0.29, 0.717) is 24.9 Å². The topological polar surface area (TPSA) is 304 Å². The zero-order valence-electron chi connectivity index (χ0n) is 44.5. The monoisotopic (exact) mass is 1020 g/mol. The van der Waals surface area contributed by atoms with Crippen molar-refractivity contribution in [1.29, 1.82) is 0 Å². The summed E-state index contributed by atoms with van der Waals surface area (Å²) in [6, 6.07) is 0.306. The maximum Gasteiger partial charge on any atom is 0.408 e. The average molecular weight is 1030 g/mol. The summed E-state index contributed by atoms with van der Waals surface area (Å²) in [5, 5.41) is 28.4. The van der Waals surface area contributed by atoms with E-state index in [1.165, 1.54) is 6.92 Å². The molecule has 71 heavy (non-hydrogen) atoms. The van der Waals surface area contributed by atoms with Crippen LogP contribution in [0.25, 0.3) is 0 Å². The van der Waals surface area contributed by atoms with Gasteiger partial charge >= 0.3 is 12.1 Å². The molecule has 0 spiro atoms. The van der Waals surface area contributed by atoms with Gasteiger partial charge in [0.1, 0.15) is 41.9 Å². The predicted molar refractivity (Wildman–Crippen MR) is 271 cm³/mol. The highest BCUT2D eigenvalue weighted by atomic mass is 32.2. The molecule has 2 unspecified atom stereocenters. The molecule has 0 bridgehead atoms. The molecule has 10 N–H and O–H groups in total. The molecule has 0 radical (unpaired) electrons. The van der Waals surface area contributed by atoms with E-state index in [2.05, 4.69) is 37.2 Å². The first-order valence-corrected chi connectivity index (χ1v) is 25.1. The van der Waals surface area contributed by atoms with Gasteiger partial charge < -0.3 is 67.0 Å². The summed E-state index contributed by atoms with van der Waals surface area (Å²) in [5.74, 6) is -5.93. The summed E-state index contributed by atoms with van der Waals surface area (Å²) in [4.78, 5) is 108. The van der Waals surface area contributed by atoms with Crippen molar-refractivity contribution in [1.82, 2.24) is 37.2 Å². The number of rotatable bonds is 28. The van der Waals surface area contributed by atoms with Gasteiger partial charge in [-0.2, -0.15) is 0 Å². The second-order valence-electron chi connectivity index (χ2n) is 21.2. The molecule has 1 aromatic rings. The Morgan fingerprint density at radius 1 is 0.606 bits per heavy atom. The van der Waals surface area contributed by atoms with Gasteiger partial charge in [0.2, 0.25) is 35.4 Å². The van der Waals surface area contributed by atoms with Crippen molar-refractivity contribution in [3.63, 3.8) is 0 Å². The fourth-order valence-corrected chi connectivity index (χ4v) is 7.52. The number of carbonyl (C=O) groups is 8. The molecule has 8 atom stereocenters. The molecule has 0 aliphatic carbocycles. The van der Waals surface area contributed by atoms with E-state index < -0.39 is 119 Å². The molecule has 1 aromatic carbocycles. The molecular formula is C49H84N8O13S. The molecule has 0 saturated heterocycles. The summed E-state index contributed by atoms with van der Waals surface area (Å²) < 4.78 is 23.7. The van der Waals surface area contributed by atoms with Gasteiger partial charge in [-0.25, -0.2) is 9.59 Å². The number of hydrogen-bond acceptors (Lipinski definition) is 14. The number of alkyl carbamates (subject to hydrolysis) is 1. The van der Waals surface area contributed by atoms with Crippen LogP contribution in [0.15, 0.2) is 30.3 Å². The molecule has 0 fully saturated rings. The highest BCUT2D eigenvalue weighted by Gasteiger charge is 2.39. The van der Waals surface area contributed by atoms with Crippen LogP contribution < -0.4 is 43.0 Å². The zero-order chi connectivity index (χ0) is 54.5. The molecular weight excluding hydrogens is 941 g/mol. The molecule has 0 aliphatic rings.